The predicted molar refractivity (Wildman–Crippen MR) is 88.1 cm³/mol. The molecule has 8 nitrogen and oxygen atoms in total. The molecule has 2 aliphatic heterocycles. The number of aromatic nitrogens is 2. The zero-order chi connectivity index (χ0) is 17.3. The summed E-state index contributed by atoms with van der Waals surface area (Å²) >= 11 is 0. The Balaban J connectivity index is 1.77. The number of anilines is 1. The maximum atomic E-state index is 12.6. The Morgan fingerprint density at radius 1 is 1.25 bits per heavy atom. The van der Waals surface area contributed by atoms with Crippen LogP contribution < -0.4 is 4.90 Å². The number of carbonyl (C=O) groups is 2. The van der Waals surface area contributed by atoms with E-state index in [2.05, 4.69) is 26.8 Å². The second-order valence-electron chi connectivity index (χ2n) is 6.13. The van der Waals surface area contributed by atoms with Gasteiger partial charge < -0.3 is 19.8 Å². The van der Waals surface area contributed by atoms with Crippen LogP contribution in [-0.2, 0) is 4.79 Å². The van der Waals surface area contributed by atoms with E-state index in [0.717, 1.165) is 26.2 Å². The average molecular weight is 331 g/mol. The van der Waals surface area contributed by atoms with Crippen LogP contribution in [0.2, 0.25) is 0 Å². The van der Waals surface area contributed by atoms with Crippen molar-refractivity contribution in [2.45, 2.75) is 13.0 Å². The summed E-state index contributed by atoms with van der Waals surface area (Å²) < 4.78 is 0. The lowest BCUT2D eigenvalue weighted by Crippen LogP contribution is -2.45. The fourth-order valence-electron chi connectivity index (χ4n) is 2.92. The summed E-state index contributed by atoms with van der Waals surface area (Å²) in [6.45, 7) is 5.63. The van der Waals surface area contributed by atoms with Gasteiger partial charge in [-0.15, -0.1) is 0 Å². The number of amides is 1. The third-order valence-electron chi connectivity index (χ3n) is 4.45. The first-order valence-corrected chi connectivity index (χ1v) is 7.95. The van der Waals surface area contributed by atoms with Crippen molar-refractivity contribution in [3.63, 3.8) is 0 Å². The molecule has 1 aromatic rings. The molecule has 24 heavy (non-hydrogen) atoms. The maximum Gasteiger partial charge on any atom is 0.330 e. The smallest absolute Gasteiger partial charge is 0.330 e. The fraction of sp³-hybridized carbons (Fsp3) is 0.500. The van der Waals surface area contributed by atoms with Crippen molar-refractivity contribution in [1.82, 2.24) is 19.8 Å². The first-order valence-electron chi connectivity index (χ1n) is 7.95. The van der Waals surface area contributed by atoms with Crippen LogP contribution in [0.3, 0.4) is 0 Å². The highest BCUT2D eigenvalue weighted by Gasteiger charge is 2.32. The highest BCUT2D eigenvalue weighted by atomic mass is 16.4. The number of aryl methyl sites for hydroxylation is 1. The topological polar surface area (TPSA) is 89.9 Å². The molecule has 1 atom stereocenters. The molecule has 0 spiro atoms. The molecule has 0 bridgehead atoms. The zero-order valence-corrected chi connectivity index (χ0v) is 13.8. The van der Waals surface area contributed by atoms with Crippen LogP contribution in [0.1, 0.15) is 16.1 Å². The van der Waals surface area contributed by atoms with Gasteiger partial charge in [0.2, 0.25) is 5.95 Å². The van der Waals surface area contributed by atoms with Gasteiger partial charge in [0.15, 0.2) is 0 Å². The number of carboxylic acid groups (broad SMARTS) is 1. The maximum absolute atomic E-state index is 12.6. The van der Waals surface area contributed by atoms with Crippen LogP contribution >= 0.6 is 0 Å². The molecule has 1 fully saturated rings. The molecule has 2 aliphatic rings. The molecule has 1 N–H and O–H groups in total. The highest BCUT2D eigenvalue weighted by molar-refractivity contribution is 5.98. The van der Waals surface area contributed by atoms with Crippen molar-refractivity contribution in [1.29, 1.82) is 0 Å². The monoisotopic (exact) mass is 331 g/mol. The van der Waals surface area contributed by atoms with Gasteiger partial charge in [0.1, 0.15) is 6.04 Å². The van der Waals surface area contributed by atoms with Crippen LogP contribution in [-0.4, -0.2) is 82.6 Å². The molecule has 3 heterocycles. The molecule has 0 aromatic carbocycles. The van der Waals surface area contributed by atoms with Crippen molar-refractivity contribution in [3.8, 4) is 0 Å². The highest BCUT2D eigenvalue weighted by Crippen LogP contribution is 2.18. The summed E-state index contributed by atoms with van der Waals surface area (Å²) in [5.41, 5.74) is 0.919. The Morgan fingerprint density at radius 2 is 1.96 bits per heavy atom. The van der Waals surface area contributed by atoms with Crippen LogP contribution in [0.15, 0.2) is 18.3 Å². The average Bonchev–Trinajstić information content (AvgIpc) is 3.05. The van der Waals surface area contributed by atoms with Gasteiger partial charge in [0.25, 0.3) is 5.91 Å². The van der Waals surface area contributed by atoms with Crippen molar-refractivity contribution in [2.75, 3.05) is 44.7 Å². The lowest BCUT2D eigenvalue weighted by molar-refractivity contribution is -0.140. The van der Waals surface area contributed by atoms with Crippen molar-refractivity contribution < 1.29 is 14.7 Å². The number of hydrogen-bond acceptors (Lipinski definition) is 6. The lowest BCUT2D eigenvalue weighted by Gasteiger charge is -2.32. The lowest BCUT2D eigenvalue weighted by atomic mass is 10.2. The third-order valence-corrected chi connectivity index (χ3v) is 4.45. The number of carboxylic acids is 1. The van der Waals surface area contributed by atoms with E-state index in [1.807, 2.05) is 0 Å². The van der Waals surface area contributed by atoms with E-state index in [1.165, 1.54) is 17.2 Å². The molecular weight excluding hydrogens is 310 g/mol. The molecule has 8 heteroatoms. The number of carbonyl (C=O) groups excluding carboxylic acids is 1. The second kappa shape index (κ2) is 6.56. The van der Waals surface area contributed by atoms with E-state index >= 15 is 0 Å². The standard InChI is InChI=1S/C16H21N5O3/c1-11-12(14(22)21-5-3-4-13(21)15(23)24)10-17-16(18-11)20-8-6-19(2)7-9-20/h3-4,10,13H,5-9H2,1-2H3,(H,23,24). The molecule has 128 valence electrons. The summed E-state index contributed by atoms with van der Waals surface area (Å²) in [7, 11) is 2.08. The number of nitrogens with zero attached hydrogens (tertiary/aromatic N) is 5. The molecular formula is C16H21N5O3. The first kappa shape index (κ1) is 16.4. The zero-order valence-electron chi connectivity index (χ0n) is 13.8. The van der Waals surface area contributed by atoms with Crippen LogP contribution in [0.4, 0.5) is 5.95 Å². The van der Waals surface area contributed by atoms with E-state index in [4.69, 9.17) is 0 Å². The molecule has 0 saturated carbocycles. The molecule has 1 amide bonds. The van der Waals surface area contributed by atoms with Gasteiger partial charge in [0, 0.05) is 38.9 Å². The predicted octanol–water partition coefficient (Wildman–Crippen LogP) is 0.00202. The third kappa shape index (κ3) is 3.09. The summed E-state index contributed by atoms with van der Waals surface area (Å²) in [6, 6.07) is -0.922. The Hall–Kier alpha value is -2.48. The number of rotatable bonds is 3. The van der Waals surface area contributed by atoms with Crippen LogP contribution in [0, 0.1) is 6.92 Å². The molecule has 0 aliphatic carbocycles. The summed E-state index contributed by atoms with van der Waals surface area (Å²) in [5.74, 6) is -0.772. The van der Waals surface area contributed by atoms with E-state index in [0.29, 0.717) is 17.2 Å². The number of likely N-dealkylation sites (N-methyl/N-ethyl adjacent to an activating group) is 1. The van der Waals surface area contributed by atoms with Gasteiger partial charge in [-0.3, -0.25) is 4.79 Å². The molecule has 1 saturated heterocycles. The molecule has 1 aromatic heterocycles. The minimum atomic E-state index is -1.04. The Labute approximate surface area is 140 Å². The van der Waals surface area contributed by atoms with Gasteiger partial charge in [-0.2, -0.15) is 0 Å². The summed E-state index contributed by atoms with van der Waals surface area (Å²) in [4.78, 5) is 38.3. The van der Waals surface area contributed by atoms with E-state index in [1.54, 1.807) is 13.0 Å². The minimum Gasteiger partial charge on any atom is -0.479 e. The minimum absolute atomic E-state index is 0.287. The van der Waals surface area contributed by atoms with Crippen molar-refractivity contribution >= 4 is 17.8 Å². The van der Waals surface area contributed by atoms with Crippen LogP contribution in [0.25, 0.3) is 0 Å². The van der Waals surface area contributed by atoms with Crippen molar-refractivity contribution in [3.05, 3.63) is 29.6 Å². The summed E-state index contributed by atoms with van der Waals surface area (Å²) in [6.07, 6.45) is 4.72. The van der Waals surface area contributed by atoms with Gasteiger partial charge >= 0.3 is 5.97 Å². The van der Waals surface area contributed by atoms with Gasteiger partial charge in [0.05, 0.1) is 11.3 Å². The Morgan fingerprint density at radius 3 is 2.58 bits per heavy atom. The van der Waals surface area contributed by atoms with E-state index < -0.39 is 12.0 Å². The Kier molecular flexibility index (Phi) is 4.48. The first-order chi connectivity index (χ1) is 11.5. The normalized spacial score (nSPS) is 21.3. The van der Waals surface area contributed by atoms with Crippen molar-refractivity contribution in [2.24, 2.45) is 0 Å². The summed E-state index contributed by atoms with van der Waals surface area (Å²) in [5, 5.41) is 9.20. The second-order valence-corrected chi connectivity index (χ2v) is 6.13. The Bertz CT molecular complexity index is 682. The molecule has 0 radical (unpaired) electrons. The van der Waals surface area contributed by atoms with Gasteiger partial charge in [-0.1, -0.05) is 12.2 Å². The fourth-order valence-corrected chi connectivity index (χ4v) is 2.92. The van der Waals surface area contributed by atoms with E-state index in [-0.39, 0.29) is 12.5 Å². The van der Waals surface area contributed by atoms with Gasteiger partial charge in [-0.05, 0) is 14.0 Å². The number of piperazine rings is 1. The van der Waals surface area contributed by atoms with Crippen LogP contribution in [0.5, 0.6) is 0 Å². The largest absolute Gasteiger partial charge is 0.479 e. The van der Waals surface area contributed by atoms with E-state index in [9.17, 15) is 14.7 Å². The number of aliphatic carboxylic acids is 1. The molecule has 1 unspecified atom stereocenters. The SMILES string of the molecule is Cc1nc(N2CCN(C)CC2)ncc1C(=O)N1CC=CC1C(=O)O. The quantitative estimate of drug-likeness (QED) is 0.780. The molecule has 3 rings (SSSR count). The van der Waals surface area contributed by atoms with Gasteiger partial charge in [-0.25, -0.2) is 14.8 Å². The number of hydrogen-bond donors (Lipinski definition) is 1.